The van der Waals surface area contributed by atoms with Gasteiger partial charge in [-0.05, 0) is 0 Å². The molecule has 4 N–H and O–H groups in total. The molecule has 1 aromatic rings. The molecule has 0 saturated heterocycles. The number of anilines is 1. The lowest BCUT2D eigenvalue weighted by Gasteiger charge is -2.09. The molecule has 0 radical (unpaired) electrons. The third kappa shape index (κ3) is 4.58. The van der Waals surface area contributed by atoms with Gasteiger partial charge in [0.25, 0.3) is 0 Å². The molecule has 1 rings (SSSR count). The molecule has 0 aliphatic rings. The van der Waals surface area contributed by atoms with Crippen molar-refractivity contribution in [2.45, 2.75) is 6.18 Å². The van der Waals surface area contributed by atoms with Gasteiger partial charge >= 0.3 is 22.4 Å². The van der Waals surface area contributed by atoms with Crippen LogP contribution in [0.5, 0.6) is 0 Å². The van der Waals surface area contributed by atoms with Crippen molar-refractivity contribution in [2.75, 3.05) is 11.3 Å². The van der Waals surface area contributed by atoms with E-state index in [0.29, 0.717) is 0 Å². The third-order valence-electron chi connectivity index (χ3n) is 1.51. The summed E-state index contributed by atoms with van der Waals surface area (Å²) in [6.45, 7) is -1.75. The van der Waals surface area contributed by atoms with Gasteiger partial charge in [0.15, 0.2) is 5.82 Å². The minimum Gasteiger partial charge on any atom is -0.477 e. The average molecular weight is 288 g/mol. The molecule has 0 aliphatic heterocycles. The summed E-state index contributed by atoms with van der Waals surface area (Å²) in [6, 6.07) is 0.815. The molecule has 0 aliphatic carbocycles. The van der Waals surface area contributed by atoms with Crippen LogP contribution in [0.25, 0.3) is 0 Å². The molecule has 0 amide bonds. The van der Waals surface area contributed by atoms with Crippen LogP contribution >= 0.6 is 0 Å². The molecule has 0 atom stereocenters. The molecule has 102 valence electrons. The highest BCUT2D eigenvalue weighted by atomic mass is 32.2. The number of carboxylic acids is 1. The summed E-state index contributed by atoms with van der Waals surface area (Å²) in [4.78, 5) is 10.4. The SMILES string of the molecule is O=C(O)c1cc(NS(=O)(=O)NCC(F)(F)F)n[nH]1. The number of aromatic carboxylic acids is 1. The summed E-state index contributed by atoms with van der Waals surface area (Å²) in [5, 5.41) is 13.7. The number of aromatic nitrogens is 2. The number of nitrogens with zero attached hydrogens (tertiary/aromatic N) is 1. The standard InChI is InChI=1S/C6H7F3N4O4S/c7-6(8,9)2-10-18(16,17)13-4-1-3(5(14)15)11-12-4/h1,10H,2H2,(H,14,15)(H2,11,12,13). The zero-order valence-electron chi connectivity index (χ0n) is 8.45. The van der Waals surface area contributed by atoms with Gasteiger partial charge in [-0.15, -0.1) is 0 Å². The van der Waals surface area contributed by atoms with E-state index in [1.54, 1.807) is 4.72 Å². The number of halogens is 3. The Morgan fingerprint density at radius 3 is 2.56 bits per heavy atom. The van der Waals surface area contributed by atoms with E-state index in [1.807, 2.05) is 5.10 Å². The molecule has 12 heteroatoms. The van der Waals surface area contributed by atoms with Crippen molar-refractivity contribution in [3.8, 4) is 0 Å². The lowest BCUT2D eigenvalue weighted by molar-refractivity contribution is -0.121. The number of carbonyl (C=O) groups is 1. The minimum absolute atomic E-state index is 0.413. The maximum absolute atomic E-state index is 11.8. The van der Waals surface area contributed by atoms with Crippen LogP contribution in [0.15, 0.2) is 6.07 Å². The summed E-state index contributed by atoms with van der Waals surface area (Å²) in [5.74, 6) is -1.83. The fourth-order valence-corrected chi connectivity index (χ4v) is 1.64. The number of carboxylic acid groups (broad SMARTS) is 1. The Morgan fingerprint density at radius 2 is 2.11 bits per heavy atom. The van der Waals surface area contributed by atoms with Crippen molar-refractivity contribution in [2.24, 2.45) is 0 Å². The van der Waals surface area contributed by atoms with Crippen molar-refractivity contribution in [3.05, 3.63) is 11.8 Å². The monoisotopic (exact) mass is 288 g/mol. The second-order valence-corrected chi connectivity index (χ2v) is 4.51. The Kier molecular flexibility index (Phi) is 3.81. The van der Waals surface area contributed by atoms with Crippen LogP contribution in [-0.2, 0) is 10.2 Å². The van der Waals surface area contributed by atoms with Crippen LogP contribution in [0, 0.1) is 0 Å². The molecule has 1 aromatic heterocycles. The van der Waals surface area contributed by atoms with Gasteiger partial charge in [-0.1, -0.05) is 0 Å². The van der Waals surface area contributed by atoms with Gasteiger partial charge in [0.05, 0.1) is 0 Å². The highest BCUT2D eigenvalue weighted by Crippen LogP contribution is 2.13. The Bertz CT molecular complexity index is 537. The Balaban J connectivity index is 2.67. The van der Waals surface area contributed by atoms with E-state index in [9.17, 15) is 26.4 Å². The smallest absolute Gasteiger partial charge is 0.402 e. The van der Waals surface area contributed by atoms with Crippen LogP contribution in [-0.4, -0.2) is 42.4 Å². The van der Waals surface area contributed by atoms with Gasteiger partial charge in [0.2, 0.25) is 0 Å². The molecular weight excluding hydrogens is 281 g/mol. The minimum atomic E-state index is -4.70. The van der Waals surface area contributed by atoms with E-state index in [1.165, 1.54) is 4.72 Å². The topological polar surface area (TPSA) is 124 Å². The summed E-state index contributed by atoms with van der Waals surface area (Å²) in [7, 11) is -4.48. The molecule has 18 heavy (non-hydrogen) atoms. The van der Waals surface area contributed by atoms with Crippen LogP contribution < -0.4 is 9.44 Å². The summed E-state index contributed by atoms with van der Waals surface area (Å²) < 4.78 is 60.4. The van der Waals surface area contributed by atoms with Crippen molar-refractivity contribution in [1.82, 2.24) is 14.9 Å². The Morgan fingerprint density at radius 1 is 1.50 bits per heavy atom. The number of alkyl halides is 3. The van der Waals surface area contributed by atoms with Crippen LogP contribution in [0.2, 0.25) is 0 Å². The summed E-state index contributed by atoms with van der Waals surface area (Å²) >= 11 is 0. The van der Waals surface area contributed by atoms with Crippen molar-refractivity contribution < 1.29 is 31.5 Å². The molecule has 8 nitrogen and oxygen atoms in total. The van der Waals surface area contributed by atoms with E-state index in [4.69, 9.17) is 5.11 Å². The summed E-state index contributed by atoms with van der Waals surface area (Å²) in [6.07, 6.45) is -4.70. The van der Waals surface area contributed by atoms with E-state index in [-0.39, 0.29) is 0 Å². The van der Waals surface area contributed by atoms with Crippen molar-refractivity contribution in [3.63, 3.8) is 0 Å². The maximum Gasteiger partial charge on any atom is 0.402 e. The first kappa shape index (κ1) is 14.2. The molecule has 0 saturated carbocycles. The Hall–Kier alpha value is -1.82. The maximum atomic E-state index is 11.8. The molecule has 0 fully saturated rings. The number of H-pyrrole nitrogens is 1. The van der Waals surface area contributed by atoms with E-state index in [2.05, 4.69) is 5.10 Å². The lowest BCUT2D eigenvalue weighted by atomic mass is 10.4. The van der Waals surface area contributed by atoms with E-state index >= 15 is 0 Å². The normalized spacial score (nSPS) is 12.4. The second-order valence-electron chi connectivity index (χ2n) is 3.01. The molecule has 0 unspecified atom stereocenters. The van der Waals surface area contributed by atoms with E-state index < -0.39 is 40.4 Å². The van der Waals surface area contributed by atoms with Gasteiger partial charge in [0.1, 0.15) is 12.2 Å². The van der Waals surface area contributed by atoms with Crippen LogP contribution in [0.1, 0.15) is 10.5 Å². The number of hydrogen-bond donors (Lipinski definition) is 4. The molecule has 0 spiro atoms. The molecule has 0 aromatic carbocycles. The zero-order valence-corrected chi connectivity index (χ0v) is 9.26. The quantitative estimate of drug-likeness (QED) is 0.603. The van der Waals surface area contributed by atoms with Gasteiger partial charge in [0, 0.05) is 6.07 Å². The first-order chi connectivity index (χ1) is 8.09. The molecule has 0 bridgehead atoms. The van der Waals surface area contributed by atoms with Crippen molar-refractivity contribution in [1.29, 1.82) is 0 Å². The largest absolute Gasteiger partial charge is 0.477 e. The number of nitrogens with one attached hydrogen (secondary N) is 3. The zero-order chi connectivity index (χ0) is 14.0. The van der Waals surface area contributed by atoms with Crippen molar-refractivity contribution >= 4 is 22.0 Å². The summed E-state index contributed by atoms with van der Waals surface area (Å²) in [5.41, 5.74) is -0.413. The average Bonchev–Trinajstić information content (AvgIpc) is 2.62. The highest BCUT2D eigenvalue weighted by Gasteiger charge is 2.29. The molecule has 1 heterocycles. The fraction of sp³-hybridized carbons (Fsp3) is 0.333. The predicted molar refractivity (Wildman–Crippen MR) is 52.1 cm³/mol. The number of rotatable bonds is 5. The highest BCUT2D eigenvalue weighted by molar-refractivity contribution is 7.90. The van der Waals surface area contributed by atoms with Gasteiger partial charge in [-0.2, -0.15) is 31.4 Å². The fourth-order valence-electron chi connectivity index (χ4n) is 0.834. The predicted octanol–water partition coefficient (Wildman–Crippen LogP) is -0.0835. The number of aromatic amines is 1. The molecular formula is C6H7F3N4O4S. The lowest BCUT2D eigenvalue weighted by Crippen LogP contribution is -2.37. The third-order valence-corrected chi connectivity index (χ3v) is 2.51. The van der Waals surface area contributed by atoms with Crippen LogP contribution in [0.4, 0.5) is 19.0 Å². The number of hydrogen-bond acceptors (Lipinski definition) is 4. The Labute approximate surface area is 98.4 Å². The van der Waals surface area contributed by atoms with Gasteiger partial charge < -0.3 is 5.11 Å². The second kappa shape index (κ2) is 4.81. The van der Waals surface area contributed by atoms with Gasteiger partial charge in [-0.3, -0.25) is 9.82 Å². The van der Waals surface area contributed by atoms with Gasteiger partial charge in [-0.25, -0.2) is 4.79 Å². The first-order valence-electron chi connectivity index (χ1n) is 4.22. The first-order valence-corrected chi connectivity index (χ1v) is 5.70. The van der Waals surface area contributed by atoms with E-state index in [0.717, 1.165) is 6.07 Å². The van der Waals surface area contributed by atoms with Crippen LogP contribution in [0.3, 0.4) is 0 Å².